The summed E-state index contributed by atoms with van der Waals surface area (Å²) in [5.74, 6) is 2.07. The second-order valence-electron chi connectivity index (χ2n) is 6.99. The largest absolute Gasteiger partial charge is 0.496 e. The molecular formula is C25H19NO4. The van der Waals surface area contributed by atoms with Gasteiger partial charge in [-0.2, -0.15) is 0 Å². The second-order valence-corrected chi connectivity index (χ2v) is 6.99. The third-order valence-electron chi connectivity index (χ3n) is 5.14. The van der Waals surface area contributed by atoms with Crippen LogP contribution >= 0.6 is 0 Å². The van der Waals surface area contributed by atoms with Gasteiger partial charge in [-0.1, -0.05) is 36.4 Å². The molecule has 148 valence electrons. The van der Waals surface area contributed by atoms with Gasteiger partial charge in [0.1, 0.15) is 23.9 Å². The first kappa shape index (κ1) is 18.1. The van der Waals surface area contributed by atoms with Crippen LogP contribution in [-0.4, -0.2) is 17.9 Å². The van der Waals surface area contributed by atoms with Gasteiger partial charge < -0.3 is 19.2 Å². The lowest BCUT2D eigenvalue weighted by molar-refractivity contribution is 0.101. The molecule has 1 aromatic heterocycles. The highest BCUT2D eigenvalue weighted by Crippen LogP contribution is 2.36. The molecule has 30 heavy (non-hydrogen) atoms. The van der Waals surface area contributed by atoms with Crippen molar-refractivity contribution >= 4 is 22.8 Å². The summed E-state index contributed by atoms with van der Waals surface area (Å²) in [6.45, 7) is 0.356. The van der Waals surface area contributed by atoms with Crippen LogP contribution in [0.3, 0.4) is 0 Å². The molecule has 1 aliphatic heterocycles. The first-order valence-corrected chi connectivity index (χ1v) is 9.62. The Morgan fingerprint density at radius 1 is 1.03 bits per heavy atom. The molecule has 0 amide bonds. The minimum atomic E-state index is -0.133. The predicted octanol–water partition coefficient (Wildman–Crippen LogP) is 5.37. The highest BCUT2D eigenvalue weighted by molar-refractivity contribution is 6.15. The number of carbonyl (C=O) groups excluding carboxylic acids is 1. The van der Waals surface area contributed by atoms with Crippen molar-refractivity contribution in [2.75, 3.05) is 7.11 Å². The number of para-hydroxylation sites is 2. The van der Waals surface area contributed by atoms with Crippen molar-refractivity contribution in [2.24, 2.45) is 0 Å². The Morgan fingerprint density at radius 2 is 1.87 bits per heavy atom. The number of methoxy groups -OCH3 is 1. The molecule has 0 bridgehead atoms. The lowest BCUT2D eigenvalue weighted by Crippen LogP contribution is -1.98. The molecule has 0 fully saturated rings. The molecule has 0 unspecified atom stereocenters. The summed E-state index contributed by atoms with van der Waals surface area (Å²) in [4.78, 5) is 16.0. The number of ketones is 1. The lowest BCUT2D eigenvalue weighted by Gasteiger charge is -2.10. The Morgan fingerprint density at radius 3 is 2.77 bits per heavy atom. The quantitative estimate of drug-likeness (QED) is 0.460. The average Bonchev–Trinajstić information content (AvgIpc) is 3.33. The van der Waals surface area contributed by atoms with Crippen molar-refractivity contribution < 1.29 is 19.0 Å². The number of nitrogens with one attached hydrogen (secondary N) is 1. The fraction of sp³-hybridized carbons (Fsp3) is 0.0800. The molecule has 0 radical (unpaired) electrons. The number of rotatable bonds is 5. The number of allylic oxidation sites excluding steroid dienone is 1. The molecule has 5 rings (SSSR count). The number of hydrogen-bond acceptors (Lipinski definition) is 4. The van der Waals surface area contributed by atoms with Crippen LogP contribution in [0.15, 0.2) is 78.7 Å². The van der Waals surface area contributed by atoms with E-state index in [1.807, 2.05) is 54.7 Å². The zero-order valence-electron chi connectivity index (χ0n) is 16.3. The topological polar surface area (TPSA) is 60.6 Å². The average molecular weight is 397 g/mol. The number of H-pyrrole nitrogens is 1. The van der Waals surface area contributed by atoms with E-state index in [1.165, 1.54) is 0 Å². The van der Waals surface area contributed by atoms with Crippen LogP contribution in [0.2, 0.25) is 0 Å². The van der Waals surface area contributed by atoms with E-state index in [4.69, 9.17) is 14.2 Å². The lowest BCUT2D eigenvalue weighted by atomic mass is 10.1. The summed E-state index contributed by atoms with van der Waals surface area (Å²) in [6, 6.07) is 20.9. The van der Waals surface area contributed by atoms with E-state index in [0.29, 0.717) is 29.4 Å². The van der Waals surface area contributed by atoms with E-state index in [1.54, 1.807) is 31.4 Å². The van der Waals surface area contributed by atoms with Crippen molar-refractivity contribution in [3.05, 3.63) is 95.4 Å². The van der Waals surface area contributed by atoms with E-state index in [-0.39, 0.29) is 5.78 Å². The van der Waals surface area contributed by atoms with Gasteiger partial charge in [-0.25, -0.2) is 0 Å². The third kappa shape index (κ3) is 3.20. The summed E-state index contributed by atoms with van der Waals surface area (Å²) in [7, 11) is 1.63. The van der Waals surface area contributed by atoms with Crippen molar-refractivity contribution in [2.45, 2.75) is 6.61 Å². The molecule has 2 heterocycles. The maximum absolute atomic E-state index is 12.8. The van der Waals surface area contributed by atoms with Crippen molar-refractivity contribution in [1.29, 1.82) is 0 Å². The molecule has 1 aliphatic rings. The molecule has 0 saturated carbocycles. The molecule has 1 N–H and O–H groups in total. The minimum absolute atomic E-state index is 0.133. The summed E-state index contributed by atoms with van der Waals surface area (Å²) < 4.78 is 17.1. The maximum atomic E-state index is 12.8. The monoisotopic (exact) mass is 397 g/mol. The molecule has 0 saturated heterocycles. The fourth-order valence-corrected chi connectivity index (χ4v) is 3.59. The third-order valence-corrected chi connectivity index (χ3v) is 5.14. The van der Waals surface area contributed by atoms with E-state index in [9.17, 15) is 4.79 Å². The van der Waals surface area contributed by atoms with Gasteiger partial charge in [-0.15, -0.1) is 0 Å². The summed E-state index contributed by atoms with van der Waals surface area (Å²) in [6.07, 6.45) is 3.65. The molecule has 5 heteroatoms. The first-order chi connectivity index (χ1) is 14.7. The van der Waals surface area contributed by atoms with Crippen molar-refractivity contribution in [3.8, 4) is 17.2 Å². The van der Waals surface area contributed by atoms with Crippen LogP contribution in [-0.2, 0) is 6.61 Å². The van der Waals surface area contributed by atoms with Crippen LogP contribution in [0.5, 0.6) is 17.2 Å². The number of carbonyl (C=O) groups is 1. The normalized spacial score (nSPS) is 14.0. The molecule has 0 spiro atoms. The van der Waals surface area contributed by atoms with Crippen LogP contribution < -0.4 is 14.2 Å². The Labute approximate surface area is 173 Å². The molecule has 0 atom stereocenters. The summed E-state index contributed by atoms with van der Waals surface area (Å²) >= 11 is 0. The standard InChI is InChI=1S/C25H19NO4/c1-28-22-9-5-2-6-16(22)15-29-18-10-11-20-23(13-18)30-24(25(20)27)12-17-14-26-21-8-4-3-7-19(17)21/h2-14,26H,15H2,1H3/b24-12+. The molecule has 0 aliphatic carbocycles. The van der Waals surface area contributed by atoms with Gasteiger partial charge in [0, 0.05) is 34.3 Å². The Kier molecular flexibility index (Phi) is 4.48. The van der Waals surface area contributed by atoms with Gasteiger partial charge in [0.2, 0.25) is 5.78 Å². The zero-order valence-corrected chi connectivity index (χ0v) is 16.3. The number of ether oxygens (including phenoxy) is 3. The van der Waals surface area contributed by atoms with Crippen molar-refractivity contribution in [3.63, 3.8) is 0 Å². The molecule has 5 nitrogen and oxygen atoms in total. The van der Waals surface area contributed by atoms with E-state index >= 15 is 0 Å². The smallest absolute Gasteiger partial charge is 0.231 e. The second kappa shape index (κ2) is 7.44. The molecular weight excluding hydrogens is 378 g/mol. The van der Waals surface area contributed by atoms with E-state index < -0.39 is 0 Å². The van der Waals surface area contributed by atoms with Crippen LogP contribution in [0.25, 0.3) is 17.0 Å². The fourth-order valence-electron chi connectivity index (χ4n) is 3.59. The van der Waals surface area contributed by atoms with Crippen LogP contribution in [0.1, 0.15) is 21.5 Å². The Bertz CT molecular complexity index is 1290. The van der Waals surface area contributed by atoms with Gasteiger partial charge in [0.15, 0.2) is 5.76 Å². The molecule has 3 aromatic carbocycles. The number of aromatic amines is 1. The summed E-state index contributed by atoms with van der Waals surface area (Å²) in [5, 5.41) is 1.04. The van der Waals surface area contributed by atoms with Crippen LogP contribution in [0, 0.1) is 0 Å². The SMILES string of the molecule is COc1ccccc1COc1ccc2c(c1)O/C(=C/c1c[nH]c3ccccc13)C2=O. The highest BCUT2D eigenvalue weighted by Gasteiger charge is 2.28. The van der Waals surface area contributed by atoms with Gasteiger partial charge in [-0.05, 0) is 30.3 Å². The van der Waals surface area contributed by atoms with Gasteiger partial charge in [0.05, 0.1) is 12.7 Å². The zero-order chi connectivity index (χ0) is 20.5. The number of benzene rings is 3. The Hall–Kier alpha value is -3.99. The highest BCUT2D eigenvalue weighted by atomic mass is 16.5. The number of Topliss-reactive ketones (excluding diaryl/α,β-unsaturated/α-hetero) is 1. The minimum Gasteiger partial charge on any atom is -0.496 e. The maximum Gasteiger partial charge on any atom is 0.231 e. The Balaban J connectivity index is 1.37. The van der Waals surface area contributed by atoms with Crippen molar-refractivity contribution in [1.82, 2.24) is 4.98 Å². The van der Waals surface area contributed by atoms with Gasteiger partial charge in [-0.3, -0.25) is 4.79 Å². The predicted molar refractivity (Wildman–Crippen MR) is 115 cm³/mol. The number of hydrogen-bond donors (Lipinski definition) is 1. The van der Waals surface area contributed by atoms with E-state index in [2.05, 4.69) is 4.98 Å². The van der Waals surface area contributed by atoms with E-state index in [0.717, 1.165) is 27.8 Å². The number of aromatic nitrogens is 1. The number of fused-ring (bicyclic) bond motifs is 2. The summed E-state index contributed by atoms with van der Waals surface area (Å²) in [5.41, 5.74) is 3.40. The van der Waals surface area contributed by atoms with Gasteiger partial charge in [0.25, 0.3) is 0 Å². The molecule has 4 aromatic rings. The first-order valence-electron chi connectivity index (χ1n) is 9.62. The van der Waals surface area contributed by atoms with Gasteiger partial charge >= 0.3 is 0 Å². The van der Waals surface area contributed by atoms with Crippen LogP contribution in [0.4, 0.5) is 0 Å².